The van der Waals surface area contributed by atoms with Crippen molar-refractivity contribution in [2.45, 2.75) is 18.4 Å². The van der Waals surface area contributed by atoms with Gasteiger partial charge in [0.1, 0.15) is 0 Å². The zero-order valence-electron chi connectivity index (χ0n) is 15.1. The molecule has 4 nitrogen and oxygen atoms in total. The van der Waals surface area contributed by atoms with Crippen LogP contribution in [0.15, 0.2) is 42.5 Å². The van der Waals surface area contributed by atoms with Crippen LogP contribution in [0.25, 0.3) is 0 Å². The fourth-order valence-electron chi connectivity index (χ4n) is 4.18. The summed E-state index contributed by atoms with van der Waals surface area (Å²) in [5.74, 6) is 2.74. The lowest BCUT2D eigenvalue weighted by molar-refractivity contribution is 0.322. The molecule has 26 heavy (non-hydrogen) atoms. The molecule has 3 atom stereocenters. The third-order valence-corrected chi connectivity index (χ3v) is 5.61. The molecule has 1 heterocycles. The minimum absolute atomic E-state index is 0.150. The Morgan fingerprint density at radius 1 is 1.00 bits per heavy atom. The van der Waals surface area contributed by atoms with Gasteiger partial charge in [0.25, 0.3) is 0 Å². The van der Waals surface area contributed by atoms with Crippen molar-refractivity contribution < 1.29 is 14.2 Å². The fourth-order valence-corrected chi connectivity index (χ4v) is 4.36. The highest BCUT2D eigenvalue weighted by Gasteiger charge is 2.38. The maximum atomic E-state index is 6.23. The summed E-state index contributed by atoms with van der Waals surface area (Å²) in [6.45, 7) is 0. The third kappa shape index (κ3) is 2.69. The summed E-state index contributed by atoms with van der Waals surface area (Å²) in [6.07, 6.45) is 5.58. The molecule has 0 aromatic heterocycles. The quantitative estimate of drug-likeness (QED) is 0.750. The number of nitrogens with one attached hydrogen (secondary N) is 1. The van der Waals surface area contributed by atoms with Gasteiger partial charge in [-0.15, -0.1) is 0 Å². The van der Waals surface area contributed by atoms with Crippen LogP contribution in [0.5, 0.6) is 17.2 Å². The van der Waals surface area contributed by atoms with E-state index >= 15 is 0 Å². The number of ether oxygens (including phenoxy) is 3. The van der Waals surface area contributed by atoms with Crippen LogP contribution in [0.1, 0.15) is 29.5 Å². The maximum absolute atomic E-state index is 6.23. The van der Waals surface area contributed by atoms with E-state index in [1.54, 1.807) is 21.3 Å². The largest absolute Gasteiger partial charge is 0.493 e. The number of anilines is 1. The van der Waals surface area contributed by atoms with Crippen LogP contribution >= 0.6 is 11.6 Å². The molecular weight excluding hydrogens is 350 g/mol. The topological polar surface area (TPSA) is 39.7 Å². The van der Waals surface area contributed by atoms with Crippen molar-refractivity contribution in [3.05, 3.63) is 58.6 Å². The maximum Gasteiger partial charge on any atom is 0.203 e. The zero-order chi connectivity index (χ0) is 18.3. The van der Waals surface area contributed by atoms with E-state index in [0.29, 0.717) is 29.1 Å². The van der Waals surface area contributed by atoms with Crippen molar-refractivity contribution in [1.29, 1.82) is 0 Å². The molecule has 0 saturated heterocycles. The highest BCUT2D eigenvalue weighted by atomic mass is 35.5. The summed E-state index contributed by atoms with van der Waals surface area (Å²) in [6, 6.07) is 10.3. The lowest BCUT2D eigenvalue weighted by Crippen LogP contribution is -2.29. The molecule has 0 spiro atoms. The molecule has 2 aromatic carbocycles. The molecule has 136 valence electrons. The number of hydrogen-bond acceptors (Lipinski definition) is 4. The molecule has 1 aliphatic carbocycles. The molecule has 0 bridgehead atoms. The summed E-state index contributed by atoms with van der Waals surface area (Å²) in [4.78, 5) is 0. The number of methoxy groups -OCH3 is 3. The highest BCUT2D eigenvalue weighted by molar-refractivity contribution is 6.30. The Balaban J connectivity index is 1.80. The number of halogens is 1. The Hall–Kier alpha value is -2.33. The lowest BCUT2D eigenvalue weighted by atomic mass is 9.77. The van der Waals surface area contributed by atoms with Crippen molar-refractivity contribution in [2.75, 3.05) is 26.6 Å². The molecule has 0 saturated carbocycles. The SMILES string of the molecule is COc1cc(C2Nc3ccc(Cl)cc3C3C=CCC32)cc(OC)c1OC. The third-order valence-electron chi connectivity index (χ3n) is 5.37. The van der Waals surface area contributed by atoms with Crippen LogP contribution in [0.3, 0.4) is 0 Å². The van der Waals surface area contributed by atoms with Crippen molar-refractivity contribution >= 4 is 17.3 Å². The normalized spacial score (nSPS) is 23.0. The van der Waals surface area contributed by atoms with Gasteiger partial charge in [0.05, 0.1) is 27.4 Å². The van der Waals surface area contributed by atoms with Crippen LogP contribution < -0.4 is 19.5 Å². The Morgan fingerprint density at radius 3 is 2.38 bits per heavy atom. The first kappa shape index (κ1) is 17.1. The zero-order valence-corrected chi connectivity index (χ0v) is 15.8. The van der Waals surface area contributed by atoms with E-state index in [0.717, 1.165) is 22.7 Å². The molecule has 2 aliphatic rings. The molecule has 2 aromatic rings. The summed E-state index contributed by atoms with van der Waals surface area (Å²) >= 11 is 6.23. The van der Waals surface area contributed by atoms with E-state index in [-0.39, 0.29) is 6.04 Å². The Labute approximate surface area is 158 Å². The first-order valence-corrected chi connectivity index (χ1v) is 9.06. The Morgan fingerprint density at radius 2 is 1.73 bits per heavy atom. The van der Waals surface area contributed by atoms with Gasteiger partial charge in [-0.05, 0) is 53.8 Å². The standard InChI is InChI=1S/C21H22ClNO3/c1-24-18-9-12(10-19(25-2)21(18)26-3)20-15-6-4-5-14(15)16-11-13(22)7-8-17(16)23-20/h4-5,7-11,14-15,20,23H,6H2,1-3H3. The van der Waals surface area contributed by atoms with Gasteiger partial charge in [0.15, 0.2) is 11.5 Å². The van der Waals surface area contributed by atoms with Gasteiger partial charge in [-0.1, -0.05) is 23.8 Å². The summed E-state index contributed by atoms with van der Waals surface area (Å²) in [7, 11) is 4.91. The first-order valence-electron chi connectivity index (χ1n) is 8.68. The van der Waals surface area contributed by atoms with Crippen molar-refractivity contribution in [2.24, 2.45) is 5.92 Å². The summed E-state index contributed by atoms with van der Waals surface area (Å²) in [5, 5.41) is 4.48. The summed E-state index contributed by atoms with van der Waals surface area (Å²) in [5.41, 5.74) is 3.51. The highest BCUT2D eigenvalue weighted by Crippen LogP contribution is 2.52. The van der Waals surface area contributed by atoms with Gasteiger partial charge in [-0.25, -0.2) is 0 Å². The van der Waals surface area contributed by atoms with Crippen molar-refractivity contribution in [3.63, 3.8) is 0 Å². The van der Waals surface area contributed by atoms with E-state index in [9.17, 15) is 0 Å². The van der Waals surface area contributed by atoms with E-state index in [1.165, 1.54) is 5.56 Å². The van der Waals surface area contributed by atoms with Crippen LogP contribution in [0, 0.1) is 5.92 Å². The van der Waals surface area contributed by atoms with Gasteiger partial charge in [-0.2, -0.15) is 0 Å². The summed E-state index contributed by atoms with van der Waals surface area (Å²) < 4.78 is 16.5. The second-order valence-electron chi connectivity index (χ2n) is 6.67. The Bertz CT molecular complexity index is 839. The fraction of sp³-hybridized carbons (Fsp3) is 0.333. The molecule has 1 aliphatic heterocycles. The van der Waals surface area contributed by atoms with E-state index in [1.807, 2.05) is 18.2 Å². The van der Waals surface area contributed by atoms with E-state index in [2.05, 4.69) is 29.6 Å². The minimum atomic E-state index is 0.150. The second-order valence-corrected chi connectivity index (χ2v) is 7.10. The van der Waals surface area contributed by atoms with Gasteiger partial charge in [0, 0.05) is 16.6 Å². The van der Waals surface area contributed by atoms with E-state index < -0.39 is 0 Å². The predicted octanol–water partition coefficient (Wildman–Crippen LogP) is 5.19. The van der Waals surface area contributed by atoms with Crippen LogP contribution in [-0.4, -0.2) is 21.3 Å². The van der Waals surface area contributed by atoms with Crippen LogP contribution in [0.2, 0.25) is 5.02 Å². The molecule has 0 fully saturated rings. The molecule has 5 heteroatoms. The average molecular weight is 372 g/mol. The average Bonchev–Trinajstić information content (AvgIpc) is 3.16. The lowest BCUT2D eigenvalue weighted by Gasteiger charge is -2.38. The molecule has 0 radical (unpaired) electrons. The molecular formula is C21H22ClNO3. The number of allylic oxidation sites excluding steroid dienone is 2. The van der Waals surface area contributed by atoms with Crippen molar-refractivity contribution in [1.82, 2.24) is 0 Å². The van der Waals surface area contributed by atoms with Gasteiger partial charge in [-0.3, -0.25) is 0 Å². The number of fused-ring (bicyclic) bond motifs is 3. The van der Waals surface area contributed by atoms with Gasteiger partial charge in [0.2, 0.25) is 5.75 Å². The number of benzene rings is 2. The van der Waals surface area contributed by atoms with Gasteiger partial charge < -0.3 is 19.5 Å². The number of hydrogen-bond donors (Lipinski definition) is 1. The molecule has 3 unspecified atom stereocenters. The Kier molecular flexibility index (Phi) is 4.45. The van der Waals surface area contributed by atoms with E-state index in [4.69, 9.17) is 25.8 Å². The first-order chi connectivity index (χ1) is 12.7. The molecule has 0 amide bonds. The molecule has 1 N–H and O–H groups in total. The second kappa shape index (κ2) is 6.76. The number of rotatable bonds is 4. The van der Waals surface area contributed by atoms with Crippen molar-refractivity contribution in [3.8, 4) is 17.2 Å². The predicted molar refractivity (Wildman–Crippen MR) is 104 cm³/mol. The smallest absolute Gasteiger partial charge is 0.203 e. The van der Waals surface area contributed by atoms with Crippen LogP contribution in [-0.2, 0) is 0 Å². The van der Waals surface area contributed by atoms with Gasteiger partial charge >= 0.3 is 0 Å². The monoisotopic (exact) mass is 371 g/mol. The minimum Gasteiger partial charge on any atom is -0.493 e. The molecule has 4 rings (SSSR count). The van der Waals surface area contributed by atoms with Crippen LogP contribution in [0.4, 0.5) is 5.69 Å².